The van der Waals surface area contributed by atoms with Gasteiger partial charge in [0.05, 0.1) is 32.8 Å². The van der Waals surface area contributed by atoms with E-state index < -0.39 is 5.97 Å². The highest BCUT2D eigenvalue weighted by Gasteiger charge is 2.11. The number of allylic oxidation sites excluding steroid dienone is 1. The number of ketones is 2. The van der Waals surface area contributed by atoms with Gasteiger partial charge in [-0.1, -0.05) is 165 Å². The van der Waals surface area contributed by atoms with Gasteiger partial charge in [-0.05, 0) is 102 Å². The zero-order valence-electron chi connectivity index (χ0n) is 50.4. The predicted molar refractivity (Wildman–Crippen MR) is 316 cm³/mol. The van der Waals surface area contributed by atoms with E-state index in [9.17, 15) is 33.6 Å². The second kappa shape index (κ2) is 57.0. The van der Waals surface area contributed by atoms with E-state index >= 15 is 0 Å². The van der Waals surface area contributed by atoms with Crippen LogP contribution >= 0.6 is 0 Å². The number of benzene rings is 2. The molecule has 0 aliphatic rings. The number of rotatable bonds is 27. The SMILES string of the molecule is C=C(C)C(=O)OCC(C)CC.C=C(C)C(=O)OCC(C)COC(=O)CCNCCC.C=C(CC)C(=O)OCCC.C=C(CC)C(=O)Oc1ccccc1.C=C(CC)C(C)=O.C=C(COc1ccccc1)C(C)=O.CC.CC. The quantitative estimate of drug-likeness (QED) is 0.0293. The monoisotopic (exact) mass is 1080 g/mol. The largest absolute Gasteiger partial charge is 0.489 e. The van der Waals surface area contributed by atoms with Gasteiger partial charge in [0.1, 0.15) is 18.1 Å². The molecule has 14 heteroatoms. The van der Waals surface area contributed by atoms with E-state index in [0.29, 0.717) is 84.1 Å². The molecule has 0 aliphatic heterocycles. The van der Waals surface area contributed by atoms with Crippen LogP contribution in [0.1, 0.15) is 156 Å². The van der Waals surface area contributed by atoms with Gasteiger partial charge >= 0.3 is 29.8 Å². The maximum Gasteiger partial charge on any atom is 0.338 e. The Bertz CT molecular complexity index is 1990. The molecule has 0 fully saturated rings. The average molecular weight is 1080 g/mol. The Morgan fingerprint density at radius 1 is 0.481 bits per heavy atom. The number of nitrogens with one attached hydrogen (secondary N) is 1. The molecule has 0 radical (unpaired) electrons. The van der Waals surface area contributed by atoms with Crippen LogP contribution < -0.4 is 14.8 Å². The number of esters is 5. The Balaban J connectivity index is -0.000000198. The van der Waals surface area contributed by atoms with E-state index in [1.54, 1.807) is 26.0 Å². The van der Waals surface area contributed by atoms with Crippen molar-refractivity contribution < 1.29 is 62.0 Å². The zero-order chi connectivity index (χ0) is 60.7. The molecule has 2 atom stereocenters. The summed E-state index contributed by atoms with van der Waals surface area (Å²) >= 11 is 0. The van der Waals surface area contributed by atoms with Crippen LogP contribution in [-0.2, 0) is 52.5 Å². The highest BCUT2D eigenvalue weighted by molar-refractivity contribution is 5.93. The van der Waals surface area contributed by atoms with E-state index in [-0.39, 0.29) is 61.2 Å². The van der Waals surface area contributed by atoms with Crippen molar-refractivity contribution in [3.63, 3.8) is 0 Å². The van der Waals surface area contributed by atoms with Crippen molar-refractivity contribution in [1.82, 2.24) is 5.32 Å². The van der Waals surface area contributed by atoms with Gasteiger partial charge in [0.25, 0.3) is 0 Å². The number of hydrogen-bond donors (Lipinski definition) is 1. The fourth-order valence-electron chi connectivity index (χ4n) is 3.94. The van der Waals surface area contributed by atoms with Crippen molar-refractivity contribution in [2.24, 2.45) is 11.8 Å². The summed E-state index contributed by atoms with van der Waals surface area (Å²) in [5, 5.41) is 3.13. The third-order valence-corrected chi connectivity index (χ3v) is 9.25. The van der Waals surface area contributed by atoms with Gasteiger partial charge in [0.2, 0.25) is 0 Å². The van der Waals surface area contributed by atoms with Crippen molar-refractivity contribution >= 4 is 41.4 Å². The molecular formula is C63H101NO13. The first-order valence-electron chi connectivity index (χ1n) is 26.7. The van der Waals surface area contributed by atoms with Crippen LogP contribution in [0.5, 0.6) is 11.5 Å². The highest BCUT2D eigenvalue weighted by atomic mass is 16.6. The third-order valence-electron chi connectivity index (χ3n) is 9.25. The number of para-hydroxylation sites is 2. The summed E-state index contributed by atoms with van der Waals surface area (Å²) in [6.07, 6.45) is 5.36. The molecule has 1 N–H and O–H groups in total. The zero-order valence-corrected chi connectivity index (χ0v) is 50.4. The van der Waals surface area contributed by atoms with E-state index in [4.69, 9.17) is 28.4 Å². The summed E-state index contributed by atoms with van der Waals surface area (Å²) in [5.74, 6) is 0.256. The van der Waals surface area contributed by atoms with Crippen molar-refractivity contribution in [1.29, 1.82) is 0 Å². The summed E-state index contributed by atoms with van der Waals surface area (Å²) in [4.78, 5) is 76.5. The molecular weight excluding hydrogens is 979 g/mol. The average Bonchev–Trinajstić information content (AvgIpc) is 3.44. The maximum absolute atomic E-state index is 11.4. The van der Waals surface area contributed by atoms with Gasteiger partial charge in [-0.2, -0.15) is 0 Å². The third kappa shape index (κ3) is 55.4. The van der Waals surface area contributed by atoms with Crippen molar-refractivity contribution in [3.05, 3.63) is 134 Å². The second-order valence-electron chi connectivity index (χ2n) is 16.6. The van der Waals surface area contributed by atoms with Crippen LogP contribution in [0, 0.1) is 11.8 Å². The molecule has 2 rings (SSSR count). The number of ether oxygens (including phenoxy) is 6. The molecule has 0 aliphatic carbocycles. The first kappa shape index (κ1) is 81.7. The summed E-state index contributed by atoms with van der Waals surface area (Å²) < 4.78 is 30.1. The van der Waals surface area contributed by atoms with Gasteiger partial charge in [-0.25, -0.2) is 19.2 Å². The summed E-state index contributed by atoms with van der Waals surface area (Å²) in [7, 11) is 0. The van der Waals surface area contributed by atoms with Crippen LogP contribution in [-0.4, -0.2) is 87.5 Å². The lowest BCUT2D eigenvalue weighted by Gasteiger charge is -2.12. The minimum absolute atomic E-state index is 0.0177. The van der Waals surface area contributed by atoms with Crippen molar-refractivity contribution in [3.8, 4) is 11.5 Å². The van der Waals surface area contributed by atoms with Gasteiger partial charge < -0.3 is 33.7 Å². The minimum Gasteiger partial charge on any atom is -0.489 e. The minimum atomic E-state index is -0.415. The second-order valence-corrected chi connectivity index (χ2v) is 16.6. The fourth-order valence-corrected chi connectivity index (χ4v) is 3.94. The lowest BCUT2D eigenvalue weighted by Crippen LogP contribution is -2.22. The van der Waals surface area contributed by atoms with Crippen LogP contribution in [0.2, 0.25) is 0 Å². The van der Waals surface area contributed by atoms with E-state index in [2.05, 4.69) is 58.6 Å². The molecule has 0 saturated carbocycles. The Labute approximate surface area is 465 Å². The number of hydrogen-bond acceptors (Lipinski definition) is 14. The number of Topliss-reactive ketones (excluding diaryl/α,β-unsaturated/α-hetero) is 2. The molecule has 0 bridgehead atoms. The normalized spacial score (nSPS) is 9.87. The summed E-state index contributed by atoms with van der Waals surface area (Å²) in [5.41, 5.74) is 3.07. The molecule has 14 nitrogen and oxygen atoms in total. The van der Waals surface area contributed by atoms with E-state index in [0.717, 1.165) is 38.0 Å². The smallest absolute Gasteiger partial charge is 0.338 e. The summed E-state index contributed by atoms with van der Waals surface area (Å²) in [6.45, 7) is 54.5. The van der Waals surface area contributed by atoms with Crippen LogP contribution in [0.25, 0.3) is 0 Å². The fraction of sp³-hybridized carbons (Fsp3) is 0.508. The molecule has 2 aromatic carbocycles. The standard InChI is InChI=1S/C14H25NO4.2C11H12O2.C9H16O2.C8H14O2.C6H10O.2C2H6/c1-5-7-15-8-6-13(16)18-9-12(4)10-19-14(17)11(2)3;1-9(10(2)12)8-13-11-6-4-3-5-7-11;1-3-9(2)11(12)13-10-7-5-4-6-8-10;1-5-8(4)6-11-9(10)7(2)3;1-4-6-10-8(9)7(3)5-2;1-4-5(2)6(3)7;2*1-2/h12,15H,2,5-10H2,1,3-4H3;3-7H,1,8H2,2H3;4-8H,2-3H2,1H3;8H,2,5-6H2,1,3-4H3;3-6H2,1-2H3;2,4H2,1,3H3;2*1-2H3. The molecule has 0 amide bonds. The molecule has 436 valence electrons. The Kier molecular flexibility index (Phi) is 60.5. The van der Waals surface area contributed by atoms with Crippen LogP contribution in [0.15, 0.2) is 134 Å². The van der Waals surface area contributed by atoms with E-state index in [1.165, 1.54) is 13.8 Å². The van der Waals surface area contributed by atoms with E-state index in [1.807, 2.05) is 118 Å². The highest BCUT2D eigenvalue weighted by Crippen LogP contribution is 2.12. The van der Waals surface area contributed by atoms with Gasteiger partial charge in [0.15, 0.2) is 11.6 Å². The molecule has 77 heavy (non-hydrogen) atoms. The topological polar surface area (TPSA) is 187 Å². The predicted octanol–water partition coefficient (Wildman–Crippen LogP) is 14.1. The van der Waals surface area contributed by atoms with Crippen molar-refractivity contribution in [2.45, 2.75) is 156 Å². The molecule has 0 saturated heterocycles. The Hall–Kier alpha value is -6.67. The lowest BCUT2D eigenvalue weighted by molar-refractivity contribution is -0.147. The Morgan fingerprint density at radius 2 is 0.896 bits per heavy atom. The lowest BCUT2D eigenvalue weighted by atomic mass is 10.1. The first-order valence-corrected chi connectivity index (χ1v) is 26.7. The molecule has 2 unspecified atom stereocenters. The Morgan fingerprint density at radius 3 is 1.27 bits per heavy atom. The van der Waals surface area contributed by atoms with Gasteiger partial charge in [0, 0.05) is 40.3 Å². The number of carbonyl (C=O) groups excluding carboxylic acids is 7. The van der Waals surface area contributed by atoms with Crippen LogP contribution in [0.4, 0.5) is 0 Å². The number of carbonyl (C=O) groups is 7. The molecule has 0 spiro atoms. The summed E-state index contributed by atoms with van der Waals surface area (Å²) in [6, 6.07) is 18.3. The molecule has 0 heterocycles. The van der Waals surface area contributed by atoms with Gasteiger partial charge in [-0.3, -0.25) is 14.4 Å². The maximum atomic E-state index is 11.4. The van der Waals surface area contributed by atoms with Gasteiger partial charge in [-0.15, -0.1) is 0 Å². The first-order chi connectivity index (χ1) is 36.4. The van der Waals surface area contributed by atoms with Crippen molar-refractivity contribution in [2.75, 3.05) is 46.1 Å². The molecule has 2 aromatic rings. The van der Waals surface area contributed by atoms with Crippen LogP contribution in [0.3, 0.4) is 0 Å². The molecule has 0 aromatic heterocycles.